The van der Waals surface area contributed by atoms with Crippen LogP contribution in [0.15, 0.2) is 41.8 Å². The molecule has 2 heterocycles. The van der Waals surface area contributed by atoms with E-state index in [0.29, 0.717) is 19.6 Å². The molecule has 4 nitrogen and oxygen atoms in total. The zero-order valence-electron chi connectivity index (χ0n) is 13.3. The van der Waals surface area contributed by atoms with Gasteiger partial charge in [-0.05, 0) is 30.5 Å². The van der Waals surface area contributed by atoms with Crippen molar-refractivity contribution in [3.05, 3.63) is 57.8 Å². The zero-order chi connectivity index (χ0) is 16.2. The minimum atomic E-state index is -0.436. The Morgan fingerprint density at radius 3 is 2.65 bits per heavy atom. The fraction of sp³-hybridized carbons (Fsp3) is 0.389. The van der Waals surface area contributed by atoms with Crippen LogP contribution in [-0.4, -0.2) is 53.5 Å². The van der Waals surface area contributed by atoms with E-state index in [9.17, 15) is 9.90 Å². The molecule has 0 unspecified atom stereocenters. The van der Waals surface area contributed by atoms with Crippen molar-refractivity contribution >= 4 is 17.2 Å². The molecule has 3 rings (SSSR count). The normalized spacial score (nSPS) is 17.2. The van der Waals surface area contributed by atoms with Gasteiger partial charge in [-0.15, -0.1) is 11.3 Å². The number of benzene rings is 1. The lowest BCUT2D eigenvalue weighted by atomic mass is 10.1. The molecule has 122 valence electrons. The topological polar surface area (TPSA) is 43.8 Å². The molecule has 1 fully saturated rings. The third-order valence-electron chi connectivity index (χ3n) is 4.23. The fourth-order valence-corrected chi connectivity index (χ4v) is 3.61. The summed E-state index contributed by atoms with van der Waals surface area (Å²) in [4.78, 5) is 17.7. The fourth-order valence-electron chi connectivity index (χ4n) is 2.91. The van der Waals surface area contributed by atoms with Crippen LogP contribution in [-0.2, 0) is 0 Å². The van der Waals surface area contributed by atoms with Gasteiger partial charge in [0.25, 0.3) is 5.91 Å². The molecule has 0 bridgehead atoms. The molecule has 0 spiro atoms. The SMILES string of the molecule is Cc1cccc(C(=O)N2CCN(C[C@H](O)c3cccs3)CC2)c1. The Hall–Kier alpha value is -1.69. The molecule has 23 heavy (non-hydrogen) atoms. The standard InChI is InChI=1S/C18H22N2O2S/c1-14-4-2-5-15(12-14)18(22)20-9-7-19(8-10-20)13-16(21)17-6-3-11-23-17/h2-6,11-12,16,21H,7-10,13H2,1H3/t16-/m0/s1. The molecule has 1 aromatic heterocycles. The van der Waals surface area contributed by atoms with E-state index in [0.717, 1.165) is 29.1 Å². The molecule has 0 radical (unpaired) electrons. The Morgan fingerprint density at radius 2 is 2.00 bits per heavy atom. The van der Waals surface area contributed by atoms with E-state index in [2.05, 4.69) is 4.90 Å². The van der Waals surface area contributed by atoms with Crippen LogP contribution in [0.2, 0.25) is 0 Å². The molecular formula is C18H22N2O2S. The summed E-state index contributed by atoms with van der Waals surface area (Å²) >= 11 is 1.58. The van der Waals surface area contributed by atoms with Crippen molar-refractivity contribution < 1.29 is 9.90 Å². The molecule has 0 aliphatic carbocycles. The summed E-state index contributed by atoms with van der Waals surface area (Å²) in [5, 5.41) is 12.2. The van der Waals surface area contributed by atoms with Crippen molar-refractivity contribution in [1.82, 2.24) is 9.80 Å². The second-order valence-corrected chi connectivity index (χ2v) is 6.97. The van der Waals surface area contributed by atoms with E-state index in [-0.39, 0.29) is 5.91 Å². The van der Waals surface area contributed by atoms with Crippen LogP contribution in [0.5, 0.6) is 0 Å². The molecule has 5 heteroatoms. The van der Waals surface area contributed by atoms with Crippen LogP contribution in [0.1, 0.15) is 26.9 Å². The van der Waals surface area contributed by atoms with E-state index in [4.69, 9.17) is 0 Å². The molecule has 2 aromatic rings. The number of carbonyl (C=O) groups is 1. The second-order valence-electron chi connectivity index (χ2n) is 5.99. The lowest BCUT2D eigenvalue weighted by Crippen LogP contribution is -2.49. The maximum absolute atomic E-state index is 12.5. The van der Waals surface area contributed by atoms with Crippen molar-refractivity contribution in [2.24, 2.45) is 0 Å². The maximum Gasteiger partial charge on any atom is 0.253 e. The van der Waals surface area contributed by atoms with E-state index >= 15 is 0 Å². The Balaban J connectivity index is 1.53. The van der Waals surface area contributed by atoms with E-state index in [1.165, 1.54) is 0 Å². The van der Waals surface area contributed by atoms with Gasteiger partial charge in [-0.1, -0.05) is 23.8 Å². The van der Waals surface area contributed by atoms with Gasteiger partial charge in [-0.25, -0.2) is 0 Å². The first-order valence-corrected chi connectivity index (χ1v) is 8.81. The lowest BCUT2D eigenvalue weighted by Gasteiger charge is -2.35. The minimum Gasteiger partial charge on any atom is -0.386 e. The molecule has 1 aliphatic heterocycles. The molecule has 1 amide bonds. The molecule has 1 aliphatic rings. The van der Waals surface area contributed by atoms with Crippen LogP contribution in [0.3, 0.4) is 0 Å². The Morgan fingerprint density at radius 1 is 1.22 bits per heavy atom. The van der Waals surface area contributed by atoms with Crippen molar-refractivity contribution in [2.45, 2.75) is 13.0 Å². The number of piperazine rings is 1. The number of aryl methyl sites for hydroxylation is 1. The smallest absolute Gasteiger partial charge is 0.253 e. The first-order valence-electron chi connectivity index (χ1n) is 7.93. The van der Waals surface area contributed by atoms with E-state index < -0.39 is 6.10 Å². The average molecular weight is 330 g/mol. The summed E-state index contributed by atoms with van der Waals surface area (Å²) in [5.74, 6) is 0.104. The van der Waals surface area contributed by atoms with Gasteiger partial charge in [0.15, 0.2) is 0 Å². The summed E-state index contributed by atoms with van der Waals surface area (Å²) in [6.07, 6.45) is -0.436. The minimum absolute atomic E-state index is 0.104. The van der Waals surface area contributed by atoms with Gasteiger partial charge < -0.3 is 10.0 Å². The van der Waals surface area contributed by atoms with Crippen LogP contribution >= 0.6 is 11.3 Å². The van der Waals surface area contributed by atoms with Crippen molar-refractivity contribution in [3.8, 4) is 0 Å². The number of β-amino-alcohol motifs (C(OH)–C–C–N with tert-alkyl or cyclic N) is 1. The molecule has 1 N–H and O–H groups in total. The number of carbonyl (C=O) groups excluding carboxylic acids is 1. The largest absolute Gasteiger partial charge is 0.386 e. The van der Waals surface area contributed by atoms with Gasteiger partial charge in [-0.3, -0.25) is 9.69 Å². The number of hydrogen-bond donors (Lipinski definition) is 1. The molecule has 1 atom stereocenters. The van der Waals surface area contributed by atoms with Gasteiger partial charge in [0.2, 0.25) is 0 Å². The Labute approximate surface area is 141 Å². The predicted octanol–water partition coefficient (Wildman–Crippen LogP) is 2.55. The summed E-state index contributed by atoms with van der Waals surface area (Å²) in [5.41, 5.74) is 1.87. The number of amides is 1. The van der Waals surface area contributed by atoms with Gasteiger partial charge in [0.05, 0.1) is 0 Å². The third kappa shape index (κ3) is 3.99. The highest BCUT2D eigenvalue weighted by molar-refractivity contribution is 7.10. The zero-order valence-corrected chi connectivity index (χ0v) is 14.1. The number of rotatable bonds is 4. The van der Waals surface area contributed by atoms with E-state index in [1.54, 1.807) is 11.3 Å². The van der Waals surface area contributed by atoms with Gasteiger partial charge >= 0.3 is 0 Å². The summed E-state index contributed by atoms with van der Waals surface area (Å²) < 4.78 is 0. The van der Waals surface area contributed by atoms with Gasteiger partial charge in [0, 0.05) is 43.2 Å². The van der Waals surface area contributed by atoms with Gasteiger partial charge in [0.1, 0.15) is 6.10 Å². The van der Waals surface area contributed by atoms with Crippen molar-refractivity contribution in [3.63, 3.8) is 0 Å². The van der Waals surface area contributed by atoms with Crippen molar-refractivity contribution in [2.75, 3.05) is 32.7 Å². The number of nitrogens with zero attached hydrogens (tertiary/aromatic N) is 2. The quantitative estimate of drug-likeness (QED) is 0.937. The highest BCUT2D eigenvalue weighted by Crippen LogP contribution is 2.20. The number of thiophene rings is 1. The average Bonchev–Trinajstić information content (AvgIpc) is 3.09. The monoisotopic (exact) mass is 330 g/mol. The van der Waals surface area contributed by atoms with Crippen molar-refractivity contribution in [1.29, 1.82) is 0 Å². The first-order chi connectivity index (χ1) is 11.1. The number of aliphatic hydroxyl groups is 1. The Bertz CT molecular complexity index is 649. The number of hydrogen-bond acceptors (Lipinski definition) is 4. The second kappa shape index (κ2) is 7.25. The lowest BCUT2D eigenvalue weighted by molar-refractivity contribution is 0.0533. The van der Waals surface area contributed by atoms with Gasteiger partial charge in [-0.2, -0.15) is 0 Å². The Kier molecular flexibility index (Phi) is 5.10. The van der Waals surface area contributed by atoms with E-state index in [1.807, 2.05) is 53.6 Å². The molecule has 1 aromatic carbocycles. The summed E-state index contributed by atoms with van der Waals surface area (Å²) in [6, 6.07) is 11.7. The van der Waals surface area contributed by atoms with Crippen LogP contribution in [0.4, 0.5) is 0 Å². The predicted molar refractivity (Wildman–Crippen MR) is 92.8 cm³/mol. The number of aliphatic hydroxyl groups excluding tert-OH is 1. The first kappa shape index (κ1) is 16.2. The third-order valence-corrected chi connectivity index (χ3v) is 5.20. The molecule has 1 saturated heterocycles. The highest BCUT2D eigenvalue weighted by atomic mass is 32.1. The highest BCUT2D eigenvalue weighted by Gasteiger charge is 2.23. The summed E-state index contributed by atoms with van der Waals surface area (Å²) in [6.45, 7) is 5.67. The van der Waals surface area contributed by atoms with Crippen LogP contribution in [0.25, 0.3) is 0 Å². The van der Waals surface area contributed by atoms with Crippen LogP contribution in [0, 0.1) is 6.92 Å². The summed E-state index contributed by atoms with van der Waals surface area (Å²) in [7, 11) is 0. The van der Waals surface area contributed by atoms with Crippen LogP contribution < -0.4 is 0 Å². The molecule has 0 saturated carbocycles. The maximum atomic E-state index is 12.5. The molecular weight excluding hydrogens is 308 g/mol.